The zero-order valence-corrected chi connectivity index (χ0v) is 21.7. The summed E-state index contributed by atoms with van der Waals surface area (Å²) in [7, 11) is 0. The van der Waals surface area contributed by atoms with Crippen molar-refractivity contribution in [1.29, 1.82) is 0 Å². The van der Waals surface area contributed by atoms with E-state index in [4.69, 9.17) is 0 Å². The van der Waals surface area contributed by atoms with E-state index in [1.54, 1.807) is 19.1 Å². The second kappa shape index (κ2) is 11.3. The molecule has 0 bridgehead atoms. The molecule has 3 aromatic rings. The Bertz CT molecular complexity index is 1300. The van der Waals surface area contributed by atoms with Crippen molar-refractivity contribution in [2.75, 3.05) is 10.6 Å². The van der Waals surface area contributed by atoms with Crippen LogP contribution in [0.2, 0.25) is 0 Å². The van der Waals surface area contributed by atoms with Gasteiger partial charge in [0.15, 0.2) is 10.9 Å². The highest BCUT2D eigenvalue weighted by molar-refractivity contribution is 8.00. The predicted octanol–water partition coefficient (Wildman–Crippen LogP) is 4.92. The van der Waals surface area contributed by atoms with Crippen LogP contribution in [0.4, 0.5) is 11.4 Å². The number of aryl methyl sites for hydroxylation is 4. The molecule has 1 atom stereocenters. The summed E-state index contributed by atoms with van der Waals surface area (Å²) in [4.78, 5) is 40.6. The number of thioether (sulfide) groups is 1. The molecule has 1 heterocycles. The lowest BCUT2D eigenvalue weighted by molar-refractivity contribution is -0.116. The van der Waals surface area contributed by atoms with E-state index in [2.05, 4.69) is 25.8 Å². The second-order valence-electron chi connectivity index (χ2n) is 8.54. The summed E-state index contributed by atoms with van der Waals surface area (Å²) >= 11 is 1.16. The lowest BCUT2D eigenvalue weighted by Gasteiger charge is -2.17. The molecule has 2 amide bonds. The first-order valence-electron chi connectivity index (χ1n) is 11.6. The van der Waals surface area contributed by atoms with Crippen molar-refractivity contribution >= 4 is 35.0 Å². The van der Waals surface area contributed by atoms with E-state index < -0.39 is 10.8 Å². The fraction of sp³-hybridized carbons (Fsp3) is 0.346. The third-order valence-corrected chi connectivity index (χ3v) is 6.78. The van der Waals surface area contributed by atoms with Crippen molar-refractivity contribution in [3.05, 3.63) is 62.9 Å². The molecule has 35 heavy (non-hydrogen) atoms. The lowest BCUT2D eigenvalue weighted by Crippen LogP contribution is -2.26. The Labute approximate surface area is 209 Å². The molecule has 0 unspecified atom stereocenters. The Balaban J connectivity index is 1.84. The SMILES string of the molecule is CCC(=O)Nc1ccc(C)cc1-c1nnc(S[C@H](CC)C(=O)Nc2c(C)cc(C)cc2C)[nH]c1=O. The van der Waals surface area contributed by atoms with Gasteiger partial charge in [0.05, 0.1) is 10.9 Å². The van der Waals surface area contributed by atoms with E-state index in [1.165, 1.54) is 0 Å². The number of carbonyl (C=O) groups excluding carboxylic acids is 2. The molecule has 1 aromatic heterocycles. The Morgan fingerprint density at radius 1 is 0.971 bits per heavy atom. The van der Waals surface area contributed by atoms with Gasteiger partial charge in [0, 0.05) is 17.7 Å². The summed E-state index contributed by atoms with van der Waals surface area (Å²) in [6, 6.07) is 9.44. The first-order valence-corrected chi connectivity index (χ1v) is 12.4. The van der Waals surface area contributed by atoms with Gasteiger partial charge in [0.25, 0.3) is 5.56 Å². The molecule has 3 N–H and O–H groups in total. The van der Waals surface area contributed by atoms with Crippen LogP contribution in [0, 0.1) is 27.7 Å². The topological polar surface area (TPSA) is 117 Å². The first kappa shape index (κ1) is 26.2. The molecule has 0 aliphatic carbocycles. The van der Waals surface area contributed by atoms with Crippen LogP contribution < -0.4 is 16.2 Å². The molecule has 0 radical (unpaired) electrons. The number of nitrogens with zero attached hydrogens (tertiary/aromatic N) is 2. The van der Waals surface area contributed by atoms with E-state index >= 15 is 0 Å². The Morgan fingerprint density at radius 3 is 2.26 bits per heavy atom. The van der Waals surface area contributed by atoms with E-state index in [0.29, 0.717) is 24.1 Å². The van der Waals surface area contributed by atoms with Gasteiger partial charge in [-0.3, -0.25) is 19.4 Å². The van der Waals surface area contributed by atoms with Crippen molar-refractivity contribution in [2.24, 2.45) is 0 Å². The van der Waals surface area contributed by atoms with E-state index in [9.17, 15) is 14.4 Å². The number of amides is 2. The summed E-state index contributed by atoms with van der Waals surface area (Å²) in [6.07, 6.45) is 0.851. The molecule has 0 aliphatic heterocycles. The van der Waals surface area contributed by atoms with Gasteiger partial charge in [-0.05, 0) is 57.4 Å². The molecule has 0 spiro atoms. The molecule has 0 aliphatic rings. The van der Waals surface area contributed by atoms with E-state index in [0.717, 1.165) is 39.7 Å². The van der Waals surface area contributed by atoms with Crippen LogP contribution in [-0.4, -0.2) is 32.2 Å². The van der Waals surface area contributed by atoms with Gasteiger partial charge in [-0.15, -0.1) is 10.2 Å². The van der Waals surface area contributed by atoms with Crippen molar-refractivity contribution in [2.45, 2.75) is 64.8 Å². The summed E-state index contributed by atoms with van der Waals surface area (Å²) < 4.78 is 0. The number of hydrogen-bond donors (Lipinski definition) is 3. The highest BCUT2D eigenvalue weighted by Crippen LogP contribution is 2.28. The Kier molecular flexibility index (Phi) is 8.45. The minimum Gasteiger partial charge on any atom is -0.325 e. The monoisotopic (exact) mass is 493 g/mol. The number of benzene rings is 2. The Hall–Kier alpha value is -3.46. The normalized spacial score (nSPS) is 11.7. The van der Waals surface area contributed by atoms with Crippen molar-refractivity contribution in [3.63, 3.8) is 0 Å². The number of hydrogen-bond acceptors (Lipinski definition) is 6. The standard InChI is InChI=1S/C26H31N5O3S/c1-7-20(24(33)28-22-16(5)11-15(4)12-17(22)6)35-26-29-25(34)23(30-31-26)18-13-14(3)9-10-19(18)27-21(32)8-2/h9-13,20H,7-8H2,1-6H3,(H,27,32)(H,28,33)(H,29,31,34)/t20-/m1/s1. The molecule has 0 fully saturated rings. The Morgan fingerprint density at radius 2 is 1.66 bits per heavy atom. The van der Waals surface area contributed by atoms with Crippen LogP contribution >= 0.6 is 11.8 Å². The zero-order valence-electron chi connectivity index (χ0n) is 20.9. The fourth-order valence-corrected chi connectivity index (χ4v) is 4.63. The predicted molar refractivity (Wildman–Crippen MR) is 141 cm³/mol. The van der Waals surface area contributed by atoms with Gasteiger partial charge in [-0.1, -0.05) is 54.9 Å². The number of carbonyl (C=O) groups is 2. The molecule has 8 nitrogen and oxygen atoms in total. The van der Waals surface area contributed by atoms with Crippen LogP contribution in [0.1, 0.15) is 48.9 Å². The summed E-state index contributed by atoms with van der Waals surface area (Å²) in [5, 5.41) is 13.9. The number of anilines is 2. The van der Waals surface area contributed by atoms with Gasteiger partial charge in [0.1, 0.15) is 0 Å². The van der Waals surface area contributed by atoms with Crippen LogP contribution in [0.25, 0.3) is 11.3 Å². The molecular formula is C26H31N5O3S. The fourth-order valence-electron chi connectivity index (χ4n) is 3.79. The van der Waals surface area contributed by atoms with E-state index in [1.807, 2.05) is 52.8 Å². The van der Waals surface area contributed by atoms with Gasteiger partial charge >= 0.3 is 0 Å². The largest absolute Gasteiger partial charge is 0.325 e. The second-order valence-corrected chi connectivity index (χ2v) is 9.73. The highest BCUT2D eigenvalue weighted by Gasteiger charge is 2.22. The van der Waals surface area contributed by atoms with Crippen LogP contribution in [-0.2, 0) is 9.59 Å². The lowest BCUT2D eigenvalue weighted by atomic mass is 10.0. The van der Waals surface area contributed by atoms with Crippen LogP contribution in [0.3, 0.4) is 0 Å². The van der Waals surface area contributed by atoms with Crippen LogP contribution in [0.5, 0.6) is 0 Å². The third-order valence-electron chi connectivity index (χ3n) is 5.54. The highest BCUT2D eigenvalue weighted by atomic mass is 32.2. The maximum Gasteiger partial charge on any atom is 0.278 e. The van der Waals surface area contributed by atoms with Crippen molar-refractivity contribution < 1.29 is 9.59 Å². The molecule has 2 aromatic carbocycles. The maximum atomic E-state index is 13.0. The smallest absolute Gasteiger partial charge is 0.278 e. The summed E-state index contributed by atoms with van der Waals surface area (Å²) in [5.41, 5.74) is 5.50. The summed E-state index contributed by atoms with van der Waals surface area (Å²) in [6.45, 7) is 11.5. The molecular weight excluding hydrogens is 462 g/mol. The molecule has 0 saturated carbocycles. The number of rotatable bonds is 8. The molecule has 9 heteroatoms. The van der Waals surface area contributed by atoms with E-state index in [-0.39, 0.29) is 22.7 Å². The van der Waals surface area contributed by atoms with Crippen molar-refractivity contribution in [3.8, 4) is 11.3 Å². The number of H-pyrrole nitrogens is 1. The first-order chi connectivity index (χ1) is 16.6. The average molecular weight is 494 g/mol. The quantitative estimate of drug-likeness (QED) is 0.383. The maximum absolute atomic E-state index is 13.0. The molecule has 3 rings (SSSR count). The van der Waals surface area contributed by atoms with Crippen molar-refractivity contribution in [1.82, 2.24) is 15.2 Å². The number of aromatic amines is 1. The minimum atomic E-state index is -0.468. The average Bonchev–Trinajstić information content (AvgIpc) is 2.80. The minimum absolute atomic E-state index is 0.104. The summed E-state index contributed by atoms with van der Waals surface area (Å²) in [5.74, 6) is -0.329. The molecule has 0 saturated heterocycles. The van der Waals surface area contributed by atoms with Gasteiger partial charge in [-0.2, -0.15) is 0 Å². The van der Waals surface area contributed by atoms with Gasteiger partial charge in [-0.25, -0.2) is 0 Å². The van der Waals surface area contributed by atoms with Crippen LogP contribution in [0.15, 0.2) is 40.3 Å². The zero-order chi connectivity index (χ0) is 25.7. The number of aromatic nitrogens is 3. The van der Waals surface area contributed by atoms with Gasteiger partial charge in [0.2, 0.25) is 11.8 Å². The van der Waals surface area contributed by atoms with Gasteiger partial charge < -0.3 is 10.6 Å². The molecule has 184 valence electrons. The number of nitrogens with one attached hydrogen (secondary N) is 3. The third kappa shape index (κ3) is 6.36.